The first-order chi connectivity index (χ1) is 18.0. The fraction of sp³-hybridized carbons (Fsp3) is 0.484. The Labute approximate surface area is 221 Å². The first kappa shape index (κ1) is 26.9. The predicted octanol–water partition coefficient (Wildman–Crippen LogP) is 4.67. The van der Waals surface area contributed by atoms with Gasteiger partial charge >= 0.3 is 0 Å². The second-order valence-electron chi connectivity index (χ2n) is 10.2. The molecule has 2 atom stereocenters. The highest BCUT2D eigenvalue weighted by Gasteiger charge is 2.33. The Morgan fingerprint density at radius 3 is 2.59 bits per heavy atom. The van der Waals surface area contributed by atoms with Gasteiger partial charge in [-0.2, -0.15) is 0 Å². The van der Waals surface area contributed by atoms with Crippen molar-refractivity contribution in [2.24, 2.45) is 11.8 Å². The Hall–Kier alpha value is -3.12. The third-order valence-corrected chi connectivity index (χ3v) is 7.81. The molecule has 0 aliphatic carbocycles. The third kappa shape index (κ3) is 7.01. The fourth-order valence-corrected chi connectivity index (χ4v) is 5.53. The van der Waals surface area contributed by atoms with Crippen LogP contribution in [-0.2, 0) is 22.7 Å². The Balaban J connectivity index is 1.57. The smallest absolute Gasteiger partial charge is 0.236 e. The van der Waals surface area contributed by atoms with E-state index in [0.29, 0.717) is 45.8 Å². The normalized spacial score (nSPS) is 20.7. The van der Waals surface area contributed by atoms with Crippen molar-refractivity contribution in [3.8, 4) is 5.75 Å². The maximum atomic E-state index is 13.6. The van der Waals surface area contributed by atoms with Gasteiger partial charge in [0.15, 0.2) is 0 Å². The molecule has 37 heavy (non-hydrogen) atoms. The van der Waals surface area contributed by atoms with Crippen LogP contribution >= 0.6 is 0 Å². The van der Waals surface area contributed by atoms with Gasteiger partial charge in [-0.15, -0.1) is 0 Å². The first-order valence-electron chi connectivity index (χ1n) is 13.7. The van der Waals surface area contributed by atoms with Crippen LogP contribution in [0.15, 0.2) is 60.7 Å². The molecule has 6 nitrogen and oxygen atoms in total. The summed E-state index contributed by atoms with van der Waals surface area (Å²) in [5, 5.41) is 0. The molecule has 2 aromatic carbocycles. The van der Waals surface area contributed by atoms with E-state index in [9.17, 15) is 9.59 Å². The van der Waals surface area contributed by atoms with E-state index in [0.717, 1.165) is 30.8 Å². The van der Waals surface area contributed by atoms with E-state index in [1.165, 1.54) is 11.1 Å². The van der Waals surface area contributed by atoms with Crippen molar-refractivity contribution >= 4 is 11.8 Å². The largest absolute Gasteiger partial charge is 0.489 e. The summed E-state index contributed by atoms with van der Waals surface area (Å²) >= 11 is 0. The topological polar surface area (TPSA) is 53.1 Å². The lowest BCUT2D eigenvalue weighted by molar-refractivity contribution is -0.136. The fourth-order valence-electron chi connectivity index (χ4n) is 5.53. The summed E-state index contributed by atoms with van der Waals surface area (Å²) in [5.41, 5.74) is 3.54. The van der Waals surface area contributed by atoms with Crippen LogP contribution in [0.4, 0.5) is 0 Å². The maximum Gasteiger partial charge on any atom is 0.236 e. The Kier molecular flexibility index (Phi) is 9.40. The number of piperidine rings is 1. The van der Waals surface area contributed by atoms with Crippen molar-refractivity contribution in [3.63, 3.8) is 0 Å². The van der Waals surface area contributed by atoms with E-state index < -0.39 is 0 Å². The lowest BCUT2D eigenvalue weighted by Crippen LogP contribution is -2.48. The third-order valence-electron chi connectivity index (χ3n) is 7.81. The first-order valence-corrected chi connectivity index (χ1v) is 13.7. The zero-order valence-corrected chi connectivity index (χ0v) is 22.6. The number of fused-ring (bicyclic) bond motifs is 3. The molecular weight excluding hydrogens is 462 g/mol. The average Bonchev–Trinajstić information content (AvgIpc) is 2.90. The van der Waals surface area contributed by atoms with Gasteiger partial charge in [0.25, 0.3) is 0 Å². The molecule has 2 amide bonds. The molecule has 0 radical (unpaired) electrons. The Morgan fingerprint density at radius 2 is 1.81 bits per heavy atom. The number of nitrogens with zero attached hydrogens (tertiary/aromatic N) is 3. The molecule has 0 aromatic heterocycles. The standard InChI is InChI=1S/C31H41N3O3/c1-4-33(5-2)30(35)19-25-16-17-34-22-27(25)14-10-18-37-29-15-9-8-13-28(29)21-32(23-31(34)36)20-26-12-7-6-11-24(26)3/h6-15,25,27H,4-5,16-23H2,1-3H3/t25-,27-/m0/s1. The van der Waals surface area contributed by atoms with E-state index in [-0.39, 0.29) is 23.7 Å². The van der Waals surface area contributed by atoms with Gasteiger partial charge in [0.05, 0.1) is 6.54 Å². The molecule has 2 aliphatic heterocycles. The van der Waals surface area contributed by atoms with E-state index >= 15 is 0 Å². The zero-order valence-electron chi connectivity index (χ0n) is 22.6. The SMILES string of the molecule is CCN(CC)C(=O)C[C@@H]1CCN2C[C@@H]1C=CCOc1ccccc1CN(Cc1ccccc1C)CC2=O. The molecule has 1 saturated heterocycles. The summed E-state index contributed by atoms with van der Waals surface area (Å²) in [4.78, 5) is 32.6. The number of rotatable bonds is 6. The van der Waals surface area contributed by atoms with Gasteiger partial charge in [0.2, 0.25) is 11.8 Å². The van der Waals surface area contributed by atoms with E-state index in [4.69, 9.17) is 4.74 Å². The number of ether oxygens (including phenoxy) is 1. The number of para-hydroxylation sites is 1. The molecule has 2 heterocycles. The highest BCUT2D eigenvalue weighted by atomic mass is 16.5. The lowest BCUT2D eigenvalue weighted by atomic mass is 9.82. The molecule has 4 rings (SSSR count). The number of benzene rings is 2. The average molecular weight is 504 g/mol. The van der Waals surface area contributed by atoms with Gasteiger partial charge in [-0.25, -0.2) is 0 Å². The number of hydrogen-bond donors (Lipinski definition) is 0. The highest BCUT2D eigenvalue weighted by Crippen LogP contribution is 2.30. The molecule has 0 saturated carbocycles. The van der Waals surface area contributed by atoms with Crippen LogP contribution in [0.25, 0.3) is 0 Å². The summed E-state index contributed by atoms with van der Waals surface area (Å²) in [6, 6.07) is 16.5. The van der Waals surface area contributed by atoms with Crippen LogP contribution in [0, 0.1) is 18.8 Å². The van der Waals surface area contributed by atoms with E-state index in [1.54, 1.807) is 0 Å². The minimum Gasteiger partial charge on any atom is -0.489 e. The molecule has 2 aromatic rings. The highest BCUT2D eigenvalue weighted by molar-refractivity contribution is 5.79. The van der Waals surface area contributed by atoms with Crippen LogP contribution in [0.2, 0.25) is 0 Å². The van der Waals surface area contributed by atoms with Crippen LogP contribution < -0.4 is 4.74 Å². The van der Waals surface area contributed by atoms with E-state index in [1.807, 2.05) is 41.8 Å². The van der Waals surface area contributed by atoms with Crippen molar-refractivity contribution in [3.05, 3.63) is 77.4 Å². The zero-order chi connectivity index (χ0) is 26.2. The number of aryl methyl sites for hydroxylation is 1. The summed E-state index contributed by atoms with van der Waals surface area (Å²) < 4.78 is 6.19. The van der Waals surface area contributed by atoms with Crippen LogP contribution in [0.5, 0.6) is 5.75 Å². The second-order valence-corrected chi connectivity index (χ2v) is 10.2. The summed E-state index contributed by atoms with van der Waals surface area (Å²) in [6.07, 6.45) is 5.60. The molecule has 1 fully saturated rings. The molecule has 6 heteroatoms. The second kappa shape index (κ2) is 12.9. The van der Waals surface area contributed by atoms with Crippen molar-refractivity contribution in [1.29, 1.82) is 0 Å². The van der Waals surface area contributed by atoms with Crippen LogP contribution in [-0.4, -0.2) is 65.8 Å². The van der Waals surface area contributed by atoms with Gasteiger partial charge in [-0.1, -0.05) is 54.6 Å². The van der Waals surface area contributed by atoms with Crippen LogP contribution in [0.1, 0.15) is 43.4 Å². The van der Waals surface area contributed by atoms with E-state index in [2.05, 4.69) is 54.3 Å². The van der Waals surface area contributed by atoms with Gasteiger partial charge in [0.1, 0.15) is 12.4 Å². The number of hydrogen-bond acceptors (Lipinski definition) is 4. The van der Waals surface area contributed by atoms with Crippen molar-refractivity contribution in [2.75, 3.05) is 39.3 Å². The lowest BCUT2D eigenvalue weighted by Gasteiger charge is -2.38. The monoisotopic (exact) mass is 503 g/mol. The van der Waals surface area contributed by atoms with Gasteiger partial charge in [-0.05, 0) is 56.2 Å². The summed E-state index contributed by atoms with van der Waals surface area (Å²) in [6.45, 7) is 11.1. The molecule has 0 unspecified atom stereocenters. The number of amides is 2. The molecular formula is C31H41N3O3. The molecule has 0 N–H and O–H groups in total. The molecule has 198 valence electrons. The Bertz CT molecular complexity index is 1090. The van der Waals surface area contributed by atoms with Crippen molar-refractivity contribution < 1.29 is 14.3 Å². The van der Waals surface area contributed by atoms with Crippen molar-refractivity contribution in [2.45, 2.75) is 46.7 Å². The molecule has 0 spiro atoms. The molecule has 2 aliphatic rings. The Morgan fingerprint density at radius 1 is 1.05 bits per heavy atom. The van der Waals surface area contributed by atoms with Gasteiger partial charge < -0.3 is 14.5 Å². The molecule has 2 bridgehead atoms. The van der Waals surface area contributed by atoms with Gasteiger partial charge in [-0.3, -0.25) is 14.5 Å². The summed E-state index contributed by atoms with van der Waals surface area (Å²) in [5.74, 6) is 1.58. The van der Waals surface area contributed by atoms with Crippen molar-refractivity contribution in [1.82, 2.24) is 14.7 Å². The maximum absolute atomic E-state index is 13.6. The quantitative estimate of drug-likeness (QED) is 0.538. The number of carbonyl (C=O) groups is 2. The minimum absolute atomic E-state index is 0.140. The van der Waals surface area contributed by atoms with Gasteiger partial charge in [0, 0.05) is 51.3 Å². The predicted molar refractivity (Wildman–Crippen MR) is 147 cm³/mol. The minimum atomic E-state index is 0.140. The number of carbonyl (C=O) groups excluding carboxylic acids is 2. The van der Waals surface area contributed by atoms with Crippen LogP contribution in [0.3, 0.4) is 0 Å². The summed E-state index contributed by atoms with van der Waals surface area (Å²) in [7, 11) is 0.